The van der Waals surface area contributed by atoms with Gasteiger partial charge in [0.1, 0.15) is 12.4 Å². The molecule has 96 valence electrons. The number of hydrogen-bond acceptors (Lipinski definition) is 5. The molecule has 0 spiro atoms. The molecule has 20 heavy (non-hydrogen) atoms. The first-order valence-electron chi connectivity index (χ1n) is 5.83. The van der Waals surface area contributed by atoms with Gasteiger partial charge in [-0.05, 0) is 24.3 Å². The number of benzene rings is 2. The average molecular weight is 296 g/mol. The Bertz CT molecular complexity index is 800. The second-order valence-corrected chi connectivity index (χ2v) is 6.35. The van der Waals surface area contributed by atoms with Gasteiger partial charge in [-0.25, -0.2) is 4.98 Å². The van der Waals surface area contributed by atoms with Gasteiger partial charge in [0.25, 0.3) is 0 Å². The third-order valence-electron chi connectivity index (χ3n) is 2.73. The van der Waals surface area contributed by atoms with Gasteiger partial charge in [0.15, 0.2) is 4.34 Å². The van der Waals surface area contributed by atoms with E-state index < -0.39 is 0 Å². The number of fused-ring (bicyclic) bond motifs is 1. The van der Waals surface area contributed by atoms with Crippen LogP contribution in [0.4, 0.5) is 0 Å². The van der Waals surface area contributed by atoms with Crippen LogP contribution in [-0.4, -0.2) is 11.3 Å². The van der Waals surface area contributed by atoms with Crippen LogP contribution in [0, 0.1) is 11.3 Å². The van der Waals surface area contributed by atoms with E-state index in [4.69, 9.17) is 5.26 Å². The number of hydrogen-bond donors (Lipinski definition) is 0. The number of rotatable bonds is 3. The number of para-hydroxylation sites is 1. The Morgan fingerprint density at radius 1 is 1.25 bits per heavy atom. The van der Waals surface area contributed by atoms with Crippen molar-refractivity contribution in [3.05, 3.63) is 53.6 Å². The Morgan fingerprint density at radius 3 is 2.85 bits per heavy atom. The van der Waals surface area contributed by atoms with Crippen molar-refractivity contribution in [2.75, 3.05) is 0 Å². The first kappa shape index (κ1) is 12.9. The third kappa shape index (κ3) is 2.44. The summed E-state index contributed by atoms with van der Waals surface area (Å²) in [7, 11) is 0. The predicted octanol–water partition coefficient (Wildman–Crippen LogP) is 4.13. The number of aromatic nitrogens is 1. The quantitative estimate of drug-likeness (QED) is 0.682. The molecule has 1 heterocycles. The van der Waals surface area contributed by atoms with Gasteiger partial charge < -0.3 is 0 Å². The van der Waals surface area contributed by atoms with Crippen LogP contribution < -0.4 is 0 Å². The Morgan fingerprint density at radius 2 is 2.10 bits per heavy atom. The van der Waals surface area contributed by atoms with Crippen molar-refractivity contribution in [2.45, 2.75) is 9.24 Å². The molecule has 3 aromatic rings. The lowest BCUT2D eigenvalue weighted by Gasteiger charge is -2.01. The van der Waals surface area contributed by atoms with Gasteiger partial charge in [0, 0.05) is 10.5 Å². The lowest BCUT2D eigenvalue weighted by atomic mass is 10.1. The molecule has 0 saturated carbocycles. The van der Waals surface area contributed by atoms with Crippen molar-refractivity contribution in [1.82, 2.24) is 4.98 Å². The third-order valence-corrected chi connectivity index (χ3v) is 4.90. The van der Waals surface area contributed by atoms with Crippen LogP contribution in [0.2, 0.25) is 0 Å². The van der Waals surface area contributed by atoms with Crippen molar-refractivity contribution in [3.63, 3.8) is 0 Å². The van der Waals surface area contributed by atoms with E-state index in [1.165, 1.54) is 11.8 Å². The zero-order chi connectivity index (χ0) is 13.9. The van der Waals surface area contributed by atoms with Gasteiger partial charge in [-0.15, -0.1) is 11.3 Å². The van der Waals surface area contributed by atoms with Crippen LogP contribution in [0.5, 0.6) is 0 Å². The molecule has 0 amide bonds. The summed E-state index contributed by atoms with van der Waals surface area (Å²) in [6.45, 7) is 0. The summed E-state index contributed by atoms with van der Waals surface area (Å²) >= 11 is 3.05. The maximum Gasteiger partial charge on any atom is 0.155 e. The van der Waals surface area contributed by atoms with Gasteiger partial charge >= 0.3 is 0 Å². The zero-order valence-corrected chi connectivity index (χ0v) is 11.9. The van der Waals surface area contributed by atoms with Crippen LogP contribution in [0.15, 0.2) is 51.7 Å². The van der Waals surface area contributed by atoms with Gasteiger partial charge in [-0.2, -0.15) is 5.26 Å². The molecule has 0 saturated heterocycles. The lowest BCUT2D eigenvalue weighted by Crippen LogP contribution is -1.85. The number of nitriles is 1. The fourth-order valence-electron chi connectivity index (χ4n) is 1.79. The fourth-order valence-corrected chi connectivity index (χ4v) is 3.87. The lowest BCUT2D eigenvalue weighted by molar-refractivity contribution is 0.112. The van der Waals surface area contributed by atoms with E-state index in [2.05, 4.69) is 11.1 Å². The van der Waals surface area contributed by atoms with E-state index in [0.29, 0.717) is 11.1 Å². The molecule has 3 rings (SSSR count). The predicted molar refractivity (Wildman–Crippen MR) is 80.3 cm³/mol. The molecule has 0 radical (unpaired) electrons. The Kier molecular flexibility index (Phi) is 3.50. The van der Waals surface area contributed by atoms with Gasteiger partial charge in [0.05, 0.1) is 15.8 Å². The summed E-state index contributed by atoms with van der Waals surface area (Å²) in [4.78, 5) is 16.1. The Balaban J connectivity index is 1.98. The van der Waals surface area contributed by atoms with Crippen LogP contribution >= 0.6 is 23.1 Å². The van der Waals surface area contributed by atoms with E-state index >= 15 is 0 Å². The van der Waals surface area contributed by atoms with E-state index in [1.807, 2.05) is 24.3 Å². The molecule has 0 aliphatic carbocycles. The summed E-state index contributed by atoms with van der Waals surface area (Å²) in [6, 6.07) is 15.2. The molecule has 0 atom stereocenters. The van der Waals surface area contributed by atoms with Gasteiger partial charge in [-0.1, -0.05) is 30.0 Å². The molecular formula is C15H8N2OS2. The highest BCUT2D eigenvalue weighted by molar-refractivity contribution is 8.01. The summed E-state index contributed by atoms with van der Waals surface area (Å²) in [5, 5.41) is 9.16. The molecule has 3 nitrogen and oxygen atoms in total. The van der Waals surface area contributed by atoms with Crippen LogP contribution in [0.3, 0.4) is 0 Å². The number of nitrogens with zero attached hydrogens (tertiary/aromatic N) is 2. The second kappa shape index (κ2) is 5.45. The summed E-state index contributed by atoms with van der Waals surface area (Å²) in [5.74, 6) is 0. The van der Waals surface area contributed by atoms with Gasteiger partial charge in [0.2, 0.25) is 0 Å². The van der Waals surface area contributed by atoms with Crippen molar-refractivity contribution in [2.24, 2.45) is 0 Å². The summed E-state index contributed by atoms with van der Waals surface area (Å²) < 4.78 is 2.01. The van der Waals surface area contributed by atoms with Crippen molar-refractivity contribution in [3.8, 4) is 6.07 Å². The number of carbonyl (C=O) groups is 1. The van der Waals surface area contributed by atoms with Crippen LogP contribution in [0.25, 0.3) is 10.2 Å². The van der Waals surface area contributed by atoms with E-state index in [9.17, 15) is 4.79 Å². The highest BCUT2D eigenvalue weighted by Crippen LogP contribution is 2.35. The highest BCUT2D eigenvalue weighted by atomic mass is 32.2. The first-order chi connectivity index (χ1) is 9.80. The minimum atomic E-state index is 0.499. The average Bonchev–Trinajstić information content (AvgIpc) is 2.90. The van der Waals surface area contributed by atoms with Crippen molar-refractivity contribution >= 4 is 39.6 Å². The van der Waals surface area contributed by atoms with Crippen LogP contribution in [0.1, 0.15) is 15.9 Å². The maximum atomic E-state index is 10.7. The summed E-state index contributed by atoms with van der Waals surface area (Å²) in [6.07, 6.45) is 0.743. The molecule has 2 aromatic carbocycles. The van der Waals surface area contributed by atoms with E-state index in [1.54, 1.807) is 29.5 Å². The molecule has 0 aliphatic rings. The van der Waals surface area contributed by atoms with Crippen molar-refractivity contribution in [1.29, 1.82) is 5.26 Å². The SMILES string of the molecule is N#Cc1cc(C=O)ccc1Sc1nc2ccccc2s1. The van der Waals surface area contributed by atoms with Gasteiger partial charge in [-0.3, -0.25) is 4.79 Å². The molecular weight excluding hydrogens is 288 g/mol. The van der Waals surface area contributed by atoms with Crippen molar-refractivity contribution < 1.29 is 4.79 Å². The molecule has 0 N–H and O–H groups in total. The Hall–Kier alpha value is -2.16. The number of thiazole rings is 1. The molecule has 0 aliphatic heterocycles. The van der Waals surface area contributed by atoms with E-state index in [0.717, 1.165) is 25.7 Å². The minimum Gasteiger partial charge on any atom is -0.298 e. The second-order valence-electron chi connectivity index (χ2n) is 4.03. The molecule has 0 bridgehead atoms. The fraction of sp³-hybridized carbons (Fsp3) is 0. The largest absolute Gasteiger partial charge is 0.298 e. The molecule has 0 unspecified atom stereocenters. The minimum absolute atomic E-state index is 0.499. The standard InChI is InChI=1S/C15H8N2OS2/c16-8-11-7-10(9-18)5-6-13(11)19-15-17-12-3-1-2-4-14(12)20-15/h1-7,9H. The first-order valence-corrected chi connectivity index (χ1v) is 7.46. The number of aldehydes is 1. The highest BCUT2D eigenvalue weighted by Gasteiger charge is 2.09. The topological polar surface area (TPSA) is 53.8 Å². The Labute approximate surface area is 123 Å². The summed E-state index contributed by atoms with van der Waals surface area (Å²) in [5.41, 5.74) is 1.97. The number of carbonyl (C=O) groups excluding carboxylic acids is 1. The zero-order valence-electron chi connectivity index (χ0n) is 10.2. The van der Waals surface area contributed by atoms with E-state index in [-0.39, 0.29) is 0 Å². The maximum absolute atomic E-state index is 10.7. The normalized spacial score (nSPS) is 10.3. The van der Waals surface area contributed by atoms with Crippen LogP contribution in [-0.2, 0) is 0 Å². The monoisotopic (exact) mass is 296 g/mol. The molecule has 5 heteroatoms. The molecule has 1 aromatic heterocycles. The smallest absolute Gasteiger partial charge is 0.155 e. The molecule has 0 fully saturated rings.